The van der Waals surface area contributed by atoms with Crippen molar-refractivity contribution < 1.29 is 13.2 Å². The van der Waals surface area contributed by atoms with Gasteiger partial charge in [0.25, 0.3) is 5.91 Å². The van der Waals surface area contributed by atoms with Gasteiger partial charge in [-0.25, -0.2) is 8.42 Å². The maximum Gasteiger partial charge on any atom is 0.253 e. The first-order chi connectivity index (χ1) is 10.7. The van der Waals surface area contributed by atoms with Crippen molar-refractivity contribution in [3.05, 3.63) is 35.4 Å². The topological polar surface area (TPSA) is 54.5 Å². The molecular weight excluding hydrogens is 310 g/mol. The number of hydrogen-bond acceptors (Lipinski definition) is 3. The van der Waals surface area contributed by atoms with Crippen LogP contribution >= 0.6 is 0 Å². The number of hydrogen-bond donors (Lipinski definition) is 0. The van der Waals surface area contributed by atoms with E-state index in [1.807, 2.05) is 24.3 Å². The minimum Gasteiger partial charge on any atom is -0.337 e. The molecule has 0 bridgehead atoms. The van der Waals surface area contributed by atoms with E-state index in [1.54, 1.807) is 25.7 Å². The fourth-order valence-electron chi connectivity index (χ4n) is 2.95. The largest absolute Gasteiger partial charge is 0.337 e. The minimum atomic E-state index is -3.23. The van der Waals surface area contributed by atoms with Gasteiger partial charge in [-0.05, 0) is 51.3 Å². The highest BCUT2D eigenvalue weighted by Gasteiger charge is 2.41. The second kappa shape index (κ2) is 6.63. The molecule has 0 N–H and O–H groups in total. The van der Waals surface area contributed by atoms with E-state index < -0.39 is 19.8 Å². The van der Waals surface area contributed by atoms with Crippen LogP contribution in [0.5, 0.6) is 0 Å². The summed E-state index contributed by atoms with van der Waals surface area (Å²) in [7, 11) is -3.23. The number of carbonyl (C=O) groups excluding carboxylic acids is 1. The molecule has 1 aromatic carbocycles. The van der Waals surface area contributed by atoms with Crippen molar-refractivity contribution >= 4 is 15.7 Å². The van der Waals surface area contributed by atoms with Gasteiger partial charge in [0.15, 0.2) is 9.84 Å². The summed E-state index contributed by atoms with van der Waals surface area (Å²) in [5.41, 5.74) is 1.86. The van der Waals surface area contributed by atoms with E-state index in [9.17, 15) is 13.2 Å². The molecule has 23 heavy (non-hydrogen) atoms. The lowest BCUT2D eigenvalue weighted by Gasteiger charge is -2.24. The Balaban J connectivity index is 2.08. The Morgan fingerprint density at radius 1 is 1.22 bits per heavy atom. The van der Waals surface area contributed by atoms with Crippen molar-refractivity contribution in [1.82, 2.24) is 4.90 Å². The van der Waals surface area contributed by atoms with Gasteiger partial charge in [0.2, 0.25) is 0 Å². The van der Waals surface area contributed by atoms with Crippen LogP contribution in [0.1, 0.15) is 56.5 Å². The highest BCUT2D eigenvalue weighted by atomic mass is 32.2. The van der Waals surface area contributed by atoms with Crippen LogP contribution in [-0.2, 0) is 16.3 Å². The lowest BCUT2D eigenvalue weighted by Crippen LogP contribution is -2.39. The number of rotatable bonds is 4. The molecule has 1 unspecified atom stereocenters. The van der Waals surface area contributed by atoms with Gasteiger partial charge in [-0.3, -0.25) is 4.79 Å². The number of sulfone groups is 1. The molecule has 1 saturated heterocycles. The third kappa shape index (κ3) is 3.77. The third-order valence-electron chi connectivity index (χ3n) is 4.46. The second-order valence-corrected chi connectivity index (χ2v) is 10.2. The molecule has 1 aliphatic rings. The predicted molar refractivity (Wildman–Crippen MR) is 93.4 cm³/mol. The molecule has 1 aromatic rings. The Morgan fingerprint density at radius 3 is 2.35 bits per heavy atom. The molecule has 0 radical (unpaired) electrons. The average Bonchev–Trinajstić information content (AvgIpc) is 2.97. The van der Waals surface area contributed by atoms with Crippen molar-refractivity contribution in [2.45, 2.75) is 57.0 Å². The predicted octanol–water partition coefficient (Wildman–Crippen LogP) is 3.07. The first-order valence-electron chi connectivity index (χ1n) is 8.28. The van der Waals surface area contributed by atoms with Crippen LogP contribution in [-0.4, -0.2) is 42.3 Å². The van der Waals surface area contributed by atoms with Crippen LogP contribution in [0.2, 0.25) is 0 Å². The molecule has 1 heterocycles. The fourth-order valence-corrected chi connectivity index (χ4v) is 4.74. The fraction of sp³-hybridized carbons (Fsp3) is 0.611. The molecule has 1 fully saturated rings. The van der Waals surface area contributed by atoms with E-state index >= 15 is 0 Å². The zero-order valence-electron chi connectivity index (χ0n) is 14.5. The Labute approximate surface area is 139 Å². The van der Waals surface area contributed by atoms with Crippen LogP contribution in [0, 0.1) is 0 Å². The number of nitrogens with zero attached hydrogens (tertiary/aromatic N) is 1. The van der Waals surface area contributed by atoms with E-state index in [0.29, 0.717) is 25.1 Å². The summed E-state index contributed by atoms with van der Waals surface area (Å²) in [5, 5.41) is -0.453. The van der Waals surface area contributed by atoms with Gasteiger partial charge >= 0.3 is 0 Å². The number of aryl methyl sites for hydroxylation is 1. The Morgan fingerprint density at radius 2 is 1.83 bits per heavy atom. The van der Waals surface area contributed by atoms with E-state index in [-0.39, 0.29) is 5.91 Å². The summed E-state index contributed by atoms with van der Waals surface area (Å²) in [6.45, 7) is 8.10. The molecule has 4 nitrogen and oxygen atoms in total. The summed E-state index contributed by atoms with van der Waals surface area (Å²) in [4.78, 5) is 14.2. The molecule has 1 amide bonds. The third-order valence-corrected chi connectivity index (χ3v) is 7.43. The van der Waals surface area contributed by atoms with Crippen molar-refractivity contribution in [2.24, 2.45) is 0 Å². The average molecular weight is 337 g/mol. The van der Waals surface area contributed by atoms with E-state index in [2.05, 4.69) is 6.92 Å². The molecule has 2 rings (SSSR count). The van der Waals surface area contributed by atoms with Gasteiger partial charge in [-0.15, -0.1) is 0 Å². The Hall–Kier alpha value is -1.36. The molecular formula is C18H27NO3S. The van der Waals surface area contributed by atoms with Gasteiger partial charge < -0.3 is 4.90 Å². The van der Waals surface area contributed by atoms with Crippen LogP contribution < -0.4 is 0 Å². The summed E-state index contributed by atoms with van der Waals surface area (Å²) < 4.78 is 24.3. The van der Waals surface area contributed by atoms with Crippen molar-refractivity contribution in [3.63, 3.8) is 0 Å². The normalized spacial score (nSPS) is 19.1. The highest BCUT2D eigenvalue weighted by molar-refractivity contribution is 7.93. The second-order valence-electron chi connectivity index (χ2n) is 7.27. The summed E-state index contributed by atoms with van der Waals surface area (Å²) in [6.07, 6.45) is 2.61. The quantitative estimate of drug-likeness (QED) is 0.848. The van der Waals surface area contributed by atoms with E-state index in [1.165, 1.54) is 5.56 Å². The molecule has 0 spiro atoms. The molecule has 128 valence electrons. The molecule has 0 saturated carbocycles. The zero-order chi connectivity index (χ0) is 17.3. The van der Waals surface area contributed by atoms with Crippen molar-refractivity contribution in [1.29, 1.82) is 0 Å². The lowest BCUT2D eigenvalue weighted by atomic mass is 10.1. The first kappa shape index (κ1) is 18.0. The van der Waals surface area contributed by atoms with Gasteiger partial charge in [0.1, 0.15) is 0 Å². The number of benzene rings is 1. The molecule has 5 heteroatoms. The van der Waals surface area contributed by atoms with Crippen molar-refractivity contribution in [2.75, 3.05) is 13.1 Å². The number of likely N-dealkylation sites (tertiary alicyclic amines) is 1. The summed E-state index contributed by atoms with van der Waals surface area (Å²) in [5.74, 6) is -0.0698. The molecule has 0 aliphatic carbocycles. The number of amides is 1. The maximum absolute atomic E-state index is 12.6. The smallest absolute Gasteiger partial charge is 0.253 e. The lowest BCUT2D eigenvalue weighted by molar-refractivity contribution is 0.0793. The summed E-state index contributed by atoms with van der Waals surface area (Å²) in [6, 6.07) is 7.66. The van der Waals surface area contributed by atoms with E-state index in [0.717, 1.165) is 12.8 Å². The zero-order valence-corrected chi connectivity index (χ0v) is 15.3. The molecule has 1 aliphatic heterocycles. The van der Waals surface area contributed by atoms with Gasteiger partial charge in [-0.2, -0.15) is 0 Å². The highest BCUT2D eigenvalue weighted by Crippen LogP contribution is 2.27. The Bertz CT molecular complexity index is 657. The maximum atomic E-state index is 12.6. The van der Waals surface area contributed by atoms with Gasteiger partial charge in [0.05, 0.1) is 10.00 Å². The molecule has 1 atom stereocenters. The monoisotopic (exact) mass is 337 g/mol. The first-order valence-corrected chi connectivity index (χ1v) is 9.83. The van der Waals surface area contributed by atoms with Crippen LogP contribution in [0.15, 0.2) is 24.3 Å². The molecule has 0 aromatic heterocycles. The van der Waals surface area contributed by atoms with Gasteiger partial charge in [-0.1, -0.05) is 25.5 Å². The van der Waals surface area contributed by atoms with Gasteiger partial charge in [0, 0.05) is 18.7 Å². The Kier molecular flexibility index (Phi) is 5.19. The standard InChI is InChI=1S/C18H27NO3S/c1-5-6-14-7-9-15(10-8-14)17(20)19-12-11-16(13-19)23(21,22)18(2,3)4/h7-10,16H,5-6,11-13H2,1-4H3. The minimum absolute atomic E-state index is 0.0698. The van der Waals surface area contributed by atoms with Crippen molar-refractivity contribution in [3.8, 4) is 0 Å². The van der Waals surface area contributed by atoms with Crippen LogP contribution in [0.4, 0.5) is 0 Å². The number of carbonyl (C=O) groups is 1. The summed E-state index contributed by atoms with van der Waals surface area (Å²) >= 11 is 0. The van der Waals surface area contributed by atoms with Crippen LogP contribution in [0.25, 0.3) is 0 Å². The van der Waals surface area contributed by atoms with E-state index in [4.69, 9.17) is 0 Å². The SMILES string of the molecule is CCCc1ccc(C(=O)N2CCC(S(=O)(=O)C(C)(C)C)C2)cc1. The van der Waals surface area contributed by atoms with Crippen LogP contribution in [0.3, 0.4) is 0 Å².